The minimum Gasteiger partial charge on any atom is -0.398 e. The average molecular weight is 384 g/mol. The summed E-state index contributed by atoms with van der Waals surface area (Å²) >= 11 is 0. The summed E-state index contributed by atoms with van der Waals surface area (Å²) in [6.45, 7) is 15.6. The molecule has 0 atom stereocenters. The average Bonchev–Trinajstić information content (AvgIpc) is 2.72. The Bertz CT molecular complexity index is 1310. The van der Waals surface area contributed by atoms with Crippen molar-refractivity contribution in [1.82, 2.24) is 0 Å². The van der Waals surface area contributed by atoms with Gasteiger partial charge in [0.15, 0.2) is 0 Å². The van der Waals surface area contributed by atoms with Gasteiger partial charge in [-0.1, -0.05) is 18.2 Å². The highest BCUT2D eigenvalue weighted by Crippen LogP contribution is 2.42. The first-order valence-electron chi connectivity index (χ1n) is 10.3. The van der Waals surface area contributed by atoms with Gasteiger partial charge in [-0.3, -0.25) is 0 Å². The van der Waals surface area contributed by atoms with Crippen molar-refractivity contribution in [3.05, 3.63) is 69.3 Å². The molecule has 0 saturated heterocycles. The first-order chi connectivity index (χ1) is 13.7. The maximum Gasteiger partial charge on any atom is 0.221 e. The van der Waals surface area contributed by atoms with Crippen molar-refractivity contribution in [2.45, 2.75) is 48.5 Å². The van der Waals surface area contributed by atoms with Gasteiger partial charge in [-0.05, 0) is 94.0 Å². The molecule has 0 aliphatic rings. The summed E-state index contributed by atoms with van der Waals surface area (Å²) < 4.78 is 2.39. The second-order valence-electron chi connectivity index (χ2n) is 8.54. The molecule has 148 valence electrons. The Morgan fingerprint density at radius 3 is 1.76 bits per heavy atom. The standard InChI is InChI=1S/C27H31N2/c1-14-15(2)19(6)26-23(16(14)3)22-17(4)18(5)25(28)20(7)24(22)27(29(26)8)21-12-10-9-11-13-21/h9-13H,28H2,1-8H3/q+1. The van der Waals surface area contributed by atoms with E-state index in [4.69, 9.17) is 5.73 Å². The molecule has 0 spiro atoms. The number of aryl methyl sites for hydroxylation is 5. The van der Waals surface area contributed by atoms with E-state index in [2.05, 4.69) is 90.4 Å². The van der Waals surface area contributed by atoms with Crippen LogP contribution in [0.3, 0.4) is 0 Å². The zero-order valence-electron chi connectivity index (χ0n) is 18.9. The van der Waals surface area contributed by atoms with Gasteiger partial charge in [0.1, 0.15) is 7.05 Å². The van der Waals surface area contributed by atoms with Gasteiger partial charge in [-0.2, -0.15) is 4.57 Å². The van der Waals surface area contributed by atoms with Crippen LogP contribution in [0, 0.1) is 48.5 Å². The van der Waals surface area contributed by atoms with Crippen LogP contribution in [0.25, 0.3) is 32.9 Å². The number of anilines is 1. The van der Waals surface area contributed by atoms with Crippen LogP contribution in [0.15, 0.2) is 30.3 Å². The van der Waals surface area contributed by atoms with Crippen molar-refractivity contribution >= 4 is 27.4 Å². The number of aromatic nitrogens is 1. The number of nitrogen functional groups attached to an aromatic ring is 1. The van der Waals surface area contributed by atoms with E-state index in [0.717, 1.165) is 5.69 Å². The molecule has 1 heterocycles. The van der Waals surface area contributed by atoms with Crippen LogP contribution in [0.2, 0.25) is 0 Å². The molecule has 0 bridgehead atoms. The van der Waals surface area contributed by atoms with Crippen LogP contribution in [0.1, 0.15) is 38.9 Å². The summed E-state index contributed by atoms with van der Waals surface area (Å²) in [5.74, 6) is 0. The van der Waals surface area contributed by atoms with Crippen molar-refractivity contribution in [1.29, 1.82) is 0 Å². The Kier molecular flexibility index (Phi) is 4.42. The van der Waals surface area contributed by atoms with E-state index >= 15 is 0 Å². The lowest BCUT2D eigenvalue weighted by Gasteiger charge is -2.21. The van der Waals surface area contributed by atoms with Crippen molar-refractivity contribution in [3.63, 3.8) is 0 Å². The number of fused-ring (bicyclic) bond motifs is 3. The summed E-state index contributed by atoms with van der Waals surface area (Å²) in [6.07, 6.45) is 0. The summed E-state index contributed by atoms with van der Waals surface area (Å²) in [4.78, 5) is 0. The number of nitrogens with zero attached hydrogens (tertiary/aromatic N) is 1. The predicted octanol–water partition coefficient (Wildman–Crippen LogP) is 6.23. The second kappa shape index (κ2) is 6.59. The fraction of sp³-hybridized carbons (Fsp3) is 0.296. The van der Waals surface area contributed by atoms with E-state index in [1.807, 2.05) is 0 Å². The molecule has 0 saturated carbocycles. The summed E-state index contributed by atoms with van der Waals surface area (Å²) in [7, 11) is 2.20. The minimum absolute atomic E-state index is 0.907. The molecule has 2 heteroatoms. The maximum atomic E-state index is 6.60. The Labute approximate surface area is 174 Å². The SMILES string of the molecule is Cc1c(N)c(C)c2c(-c3ccccc3)[n+](C)c3c(C)c(C)c(C)c(C)c3c2c1C. The molecular formula is C27H31N2+. The molecule has 0 aliphatic heterocycles. The Hall–Kier alpha value is -2.87. The van der Waals surface area contributed by atoms with E-state index in [-0.39, 0.29) is 0 Å². The zero-order chi connectivity index (χ0) is 21.2. The monoisotopic (exact) mass is 383 g/mol. The number of rotatable bonds is 1. The number of hydrogen-bond acceptors (Lipinski definition) is 1. The lowest BCUT2D eigenvalue weighted by molar-refractivity contribution is -0.632. The fourth-order valence-corrected chi connectivity index (χ4v) is 5.02. The molecule has 4 aromatic rings. The fourth-order valence-electron chi connectivity index (χ4n) is 5.02. The lowest BCUT2D eigenvalue weighted by Crippen LogP contribution is -2.34. The summed E-state index contributed by atoms with van der Waals surface area (Å²) in [5.41, 5.74) is 20.5. The molecule has 4 rings (SSSR count). The molecule has 2 N–H and O–H groups in total. The normalized spacial score (nSPS) is 11.6. The van der Waals surface area contributed by atoms with E-state index in [1.165, 1.54) is 71.9 Å². The van der Waals surface area contributed by atoms with Gasteiger partial charge in [-0.25, -0.2) is 0 Å². The van der Waals surface area contributed by atoms with Crippen LogP contribution in [0.4, 0.5) is 5.69 Å². The van der Waals surface area contributed by atoms with Crippen molar-refractivity contribution < 1.29 is 4.57 Å². The highest BCUT2D eigenvalue weighted by Gasteiger charge is 2.28. The topological polar surface area (TPSA) is 29.9 Å². The van der Waals surface area contributed by atoms with E-state index < -0.39 is 0 Å². The van der Waals surface area contributed by atoms with E-state index in [9.17, 15) is 0 Å². The molecule has 29 heavy (non-hydrogen) atoms. The quantitative estimate of drug-likeness (QED) is 0.236. The van der Waals surface area contributed by atoms with Crippen molar-refractivity contribution in [2.24, 2.45) is 7.05 Å². The first kappa shape index (κ1) is 19.4. The van der Waals surface area contributed by atoms with Gasteiger partial charge >= 0.3 is 0 Å². The highest BCUT2D eigenvalue weighted by atomic mass is 14.9. The Balaban J connectivity index is 2.48. The molecule has 0 amide bonds. The third-order valence-corrected chi connectivity index (χ3v) is 7.23. The molecule has 2 nitrogen and oxygen atoms in total. The van der Waals surface area contributed by atoms with Crippen LogP contribution in [0.5, 0.6) is 0 Å². The Morgan fingerprint density at radius 2 is 1.14 bits per heavy atom. The predicted molar refractivity (Wildman–Crippen MR) is 126 cm³/mol. The molecular weight excluding hydrogens is 352 g/mol. The van der Waals surface area contributed by atoms with E-state index in [0.29, 0.717) is 0 Å². The highest BCUT2D eigenvalue weighted by molar-refractivity contribution is 6.15. The summed E-state index contributed by atoms with van der Waals surface area (Å²) in [5, 5.41) is 3.99. The molecule has 3 aromatic carbocycles. The zero-order valence-corrected chi connectivity index (χ0v) is 18.9. The minimum atomic E-state index is 0.907. The van der Waals surface area contributed by atoms with Gasteiger partial charge in [0, 0.05) is 22.2 Å². The Morgan fingerprint density at radius 1 is 0.586 bits per heavy atom. The van der Waals surface area contributed by atoms with Crippen molar-refractivity contribution in [3.8, 4) is 11.3 Å². The van der Waals surface area contributed by atoms with Gasteiger partial charge < -0.3 is 5.73 Å². The molecule has 1 aromatic heterocycles. The smallest absolute Gasteiger partial charge is 0.221 e. The first-order valence-corrected chi connectivity index (χ1v) is 10.3. The molecule has 0 aliphatic carbocycles. The number of nitrogens with two attached hydrogens (primary N) is 1. The summed E-state index contributed by atoms with van der Waals surface area (Å²) in [6, 6.07) is 10.7. The molecule has 0 unspecified atom stereocenters. The number of pyridine rings is 1. The third-order valence-electron chi connectivity index (χ3n) is 7.23. The van der Waals surface area contributed by atoms with Crippen LogP contribution in [-0.2, 0) is 7.05 Å². The largest absolute Gasteiger partial charge is 0.398 e. The number of hydrogen-bond donors (Lipinski definition) is 1. The van der Waals surface area contributed by atoms with Crippen LogP contribution < -0.4 is 10.3 Å². The van der Waals surface area contributed by atoms with Crippen molar-refractivity contribution in [2.75, 3.05) is 5.73 Å². The van der Waals surface area contributed by atoms with Gasteiger partial charge in [0.25, 0.3) is 0 Å². The van der Waals surface area contributed by atoms with Gasteiger partial charge in [0.2, 0.25) is 11.2 Å². The van der Waals surface area contributed by atoms with Crippen LogP contribution in [-0.4, -0.2) is 0 Å². The second-order valence-corrected chi connectivity index (χ2v) is 8.54. The lowest BCUT2D eigenvalue weighted by atomic mass is 9.85. The molecule has 0 fully saturated rings. The van der Waals surface area contributed by atoms with Gasteiger partial charge in [0.05, 0.1) is 10.8 Å². The van der Waals surface area contributed by atoms with Crippen LogP contribution >= 0.6 is 0 Å². The maximum absolute atomic E-state index is 6.60. The van der Waals surface area contributed by atoms with E-state index in [1.54, 1.807) is 0 Å². The molecule has 0 radical (unpaired) electrons. The third kappa shape index (κ3) is 2.51. The number of benzene rings is 3. The van der Waals surface area contributed by atoms with Gasteiger partial charge in [-0.15, -0.1) is 0 Å².